The van der Waals surface area contributed by atoms with Crippen LogP contribution in [0.2, 0.25) is 0 Å². The Morgan fingerprint density at radius 1 is 1.80 bits per heavy atom. The van der Waals surface area contributed by atoms with Crippen LogP contribution in [0.3, 0.4) is 0 Å². The first-order valence-electron chi connectivity index (χ1n) is 2.59. The van der Waals surface area contributed by atoms with Crippen LogP contribution in [0, 0.1) is 0 Å². The van der Waals surface area contributed by atoms with E-state index in [-0.39, 0.29) is 5.75 Å². The van der Waals surface area contributed by atoms with E-state index in [9.17, 15) is 4.79 Å². The predicted octanol–water partition coefficient (Wildman–Crippen LogP) is 0.307. The Balaban J connectivity index is 0. The molecule has 0 spiro atoms. The van der Waals surface area contributed by atoms with E-state index in [1.807, 2.05) is 12.5 Å². The van der Waals surface area contributed by atoms with E-state index in [2.05, 4.69) is 12.6 Å². The van der Waals surface area contributed by atoms with Crippen molar-refractivity contribution >= 4 is 30.4 Å². The molecule has 62 valence electrons. The second-order valence-corrected chi connectivity index (χ2v) is 2.72. The van der Waals surface area contributed by atoms with Gasteiger partial charge in [-0.1, -0.05) is 0 Å². The van der Waals surface area contributed by atoms with Gasteiger partial charge in [0.1, 0.15) is 6.04 Å². The molecule has 3 nitrogen and oxygen atoms in total. The van der Waals surface area contributed by atoms with E-state index in [4.69, 9.17) is 10.8 Å². The Labute approximate surface area is 70.8 Å². The van der Waals surface area contributed by atoms with Gasteiger partial charge in [-0.15, -0.1) is 0 Å². The summed E-state index contributed by atoms with van der Waals surface area (Å²) in [7, 11) is 0. The molecule has 0 unspecified atom stereocenters. The van der Waals surface area contributed by atoms with E-state index in [0.717, 1.165) is 0 Å². The number of hydrogen-bond donors (Lipinski definition) is 3. The summed E-state index contributed by atoms with van der Waals surface area (Å²) in [6.07, 6.45) is 4.08. The number of rotatable bonds is 2. The lowest BCUT2D eigenvalue weighted by Crippen LogP contribution is -2.31. The number of hydrogen-bond acceptors (Lipinski definition) is 4. The molecule has 0 aromatic carbocycles. The third kappa shape index (κ3) is 11.0. The van der Waals surface area contributed by atoms with Crippen molar-refractivity contribution in [1.29, 1.82) is 0 Å². The molecule has 0 fully saturated rings. The average Bonchev–Trinajstić information content (AvgIpc) is 1.88. The lowest BCUT2D eigenvalue weighted by atomic mass is 10.4. The number of carboxylic acids is 1. The Morgan fingerprint density at radius 3 is 2.10 bits per heavy atom. The van der Waals surface area contributed by atoms with Crippen molar-refractivity contribution in [2.45, 2.75) is 6.04 Å². The van der Waals surface area contributed by atoms with Gasteiger partial charge >= 0.3 is 5.97 Å². The van der Waals surface area contributed by atoms with E-state index < -0.39 is 12.0 Å². The van der Waals surface area contributed by atoms with Crippen LogP contribution in [0.1, 0.15) is 0 Å². The second kappa shape index (κ2) is 9.13. The van der Waals surface area contributed by atoms with E-state index in [1.54, 1.807) is 11.8 Å². The summed E-state index contributed by atoms with van der Waals surface area (Å²) in [5.41, 5.74) is 4.94. The van der Waals surface area contributed by atoms with E-state index in [1.165, 1.54) is 0 Å². The molecule has 0 aliphatic carbocycles. The monoisotopic (exact) mass is 183 g/mol. The molecule has 0 amide bonds. The summed E-state index contributed by atoms with van der Waals surface area (Å²) in [6.45, 7) is 0. The zero-order valence-corrected chi connectivity index (χ0v) is 7.78. The third-order valence-electron chi connectivity index (χ3n) is 0.514. The van der Waals surface area contributed by atoms with Crippen molar-refractivity contribution < 1.29 is 9.90 Å². The summed E-state index contributed by atoms with van der Waals surface area (Å²) < 4.78 is 0. The summed E-state index contributed by atoms with van der Waals surface area (Å²) in [5.74, 6) is -0.815. The first-order chi connectivity index (χ1) is 4.59. The average molecular weight is 183 g/mol. The van der Waals surface area contributed by atoms with Crippen molar-refractivity contribution in [2.75, 3.05) is 18.3 Å². The van der Waals surface area contributed by atoms with Crippen LogP contribution >= 0.6 is 24.4 Å². The number of aliphatic carboxylic acids is 1. The molecule has 0 heterocycles. The van der Waals surface area contributed by atoms with Crippen LogP contribution in [-0.2, 0) is 4.79 Å². The normalized spacial score (nSPS) is 11.2. The van der Waals surface area contributed by atoms with Gasteiger partial charge in [0.2, 0.25) is 0 Å². The molecule has 0 rings (SSSR count). The van der Waals surface area contributed by atoms with Crippen molar-refractivity contribution in [3.05, 3.63) is 0 Å². The van der Waals surface area contributed by atoms with Crippen molar-refractivity contribution in [3.63, 3.8) is 0 Å². The molecule has 3 N–H and O–H groups in total. The first-order valence-corrected chi connectivity index (χ1v) is 4.86. The second-order valence-electron chi connectivity index (χ2n) is 1.54. The van der Waals surface area contributed by atoms with Gasteiger partial charge in [0.25, 0.3) is 0 Å². The van der Waals surface area contributed by atoms with Crippen LogP contribution in [0.5, 0.6) is 0 Å². The molecule has 1 atom stereocenters. The minimum atomic E-state index is -1.00. The lowest BCUT2D eigenvalue weighted by molar-refractivity contribution is -0.137. The standard InChI is InChI=1S/C3H7NO2S.C2H6S/c4-2(1-7)3(5)6;1-3-2/h2,7H,1,4H2,(H,5,6);1-2H3/t2-;/m0./s1. The van der Waals surface area contributed by atoms with Crippen LogP contribution in [0.25, 0.3) is 0 Å². The minimum Gasteiger partial charge on any atom is -0.480 e. The number of nitrogens with two attached hydrogens (primary N) is 1. The quantitative estimate of drug-likeness (QED) is 0.539. The largest absolute Gasteiger partial charge is 0.480 e. The highest BCUT2D eigenvalue weighted by atomic mass is 32.2. The lowest BCUT2D eigenvalue weighted by Gasteiger charge is -1.96. The van der Waals surface area contributed by atoms with Gasteiger partial charge in [-0.05, 0) is 12.5 Å². The molecular weight excluding hydrogens is 170 g/mol. The van der Waals surface area contributed by atoms with Crippen molar-refractivity contribution in [2.24, 2.45) is 5.73 Å². The zero-order valence-electron chi connectivity index (χ0n) is 6.07. The zero-order chi connectivity index (χ0) is 8.57. The van der Waals surface area contributed by atoms with Crippen molar-refractivity contribution in [3.8, 4) is 0 Å². The smallest absolute Gasteiger partial charge is 0.321 e. The maximum Gasteiger partial charge on any atom is 0.321 e. The van der Waals surface area contributed by atoms with Crippen LogP contribution in [0.15, 0.2) is 0 Å². The summed E-state index contributed by atoms with van der Waals surface area (Å²) >= 11 is 5.40. The van der Waals surface area contributed by atoms with Gasteiger partial charge in [-0.3, -0.25) is 4.79 Å². The Morgan fingerprint density at radius 2 is 2.10 bits per heavy atom. The Bertz CT molecular complexity index is 89.7. The molecule has 0 aliphatic rings. The van der Waals surface area contributed by atoms with Crippen LogP contribution < -0.4 is 5.73 Å². The molecule has 0 radical (unpaired) electrons. The third-order valence-corrected chi connectivity index (χ3v) is 0.907. The van der Waals surface area contributed by atoms with Crippen LogP contribution in [0.4, 0.5) is 0 Å². The van der Waals surface area contributed by atoms with E-state index >= 15 is 0 Å². The molecule has 0 saturated carbocycles. The van der Waals surface area contributed by atoms with Crippen LogP contribution in [-0.4, -0.2) is 35.4 Å². The fourth-order valence-electron chi connectivity index (χ4n) is 0.0781. The van der Waals surface area contributed by atoms with Gasteiger partial charge in [0, 0.05) is 5.75 Å². The first kappa shape index (κ1) is 12.8. The van der Waals surface area contributed by atoms with Gasteiger partial charge < -0.3 is 10.8 Å². The highest BCUT2D eigenvalue weighted by molar-refractivity contribution is 7.97. The Kier molecular flexibility index (Phi) is 11.7. The molecule has 0 aliphatic heterocycles. The maximum absolute atomic E-state index is 9.76. The van der Waals surface area contributed by atoms with Crippen molar-refractivity contribution in [1.82, 2.24) is 0 Å². The molecule has 0 saturated heterocycles. The summed E-state index contributed by atoms with van der Waals surface area (Å²) in [4.78, 5) is 9.76. The minimum absolute atomic E-state index is 0.190. The van der Waals surface area contributed by atoms with Gasteiger partial charge in [-0.2, -0.15) is 24.4 Å². The van der Waals surface area contributed by atoms with Gasteiger partial charge in [0.05, 0.1) is 0 Å². The van der Waals surface area contributed by atoms with E-state index in [0.29, 0.717) is 0 Å². The fourth-order valence-corrected chi connectivity index (χ4v) is 0.234. The number of thiol groups is 1. The van der Waals surface area contributed by atoms with Gasteiger partial charge in [0.15, 0.2) is 0 Å². The number of carbonyl (C=O) groups is 1. The molecule has 0 aromatic heterocycles. The molecule has 5 heteroatoms. The predicted molar refractivity (Wildman–Crippen MR) is 48.9 cm³/mol. The molecule has 0 bridgehead atoms. The summed E-state index contributed by atoms with van der Waals surface area (Å²) in [6, 6.07) is -0.816. The molecular formula is C5H13NO2S2. The topological polar surface area (TPSA) is 63.3 Å². The molecule has 10 heavy (non-hydrogen) atoms. The SMILES string of the molecule is CSC.N[C@@H](CS)C(=O)O. The number of thioether (sulfide) groups is 1. The highest BCUT2D eigenvalue weighted by Gasteiger charge is 2.06. The molecule has 0 aromatic rings. The van der Waals surface area contributed by atoms with Gasteiger partial charge in [-0.25, -0.2) is 0 Å². The highest BCUT2D eigenvalue weighted by Crippen LogP contribution is 1.80. The fraction of sp³-hybridized carbons (Fsp3) is 0.800. The Hall–Kier alpha value is 0.130. The number of carboxylic acid groups (broad SMARTS) is 1. The maximum atomic E-state index is 9.76. The summed E-state index contributed by atoms with van der Waals surface area (Å²) in [5, 5.41) is 8.01.